The van der Waals surface area contributed by atoms with E-state index in [2.05, 4.69) is 17.1 Å². The molecule has 4 fully saturated rings. The maximum absolute atomic E-state index is 6.18. The average molecular weight is 274 g/mol. The topological polar surface area (TPSA) is 67.6 Å². The maximum Gasteiger partial charge on any atom is 0.155 e. The smallest absolute Gasteiger partial charge is 0.155 e. The van der Waals surface area contributed by atoms with Crippen molar-refractivity contribution in [3.8, 4) is 0 Å². The summed E-state index contributed by atoms with van der Waals surface area (Å²) >= 11 is 0. The summed E-state index contributed by atoms with van der Waals surface area (Å²) in [7, 11) is 0. The van der Waals surface area contributed by atoms with Crippen LogP contribution in [0.3, 0.4) is 0 Å². The van der Waals surface area contributed by atoms with Crippen LogP contribution in [0.25, 0.3) is 0 Å². The molecule has 20 heavy (non-hydrogen) atoms. The lowest BCUT2D eigenvalue weighted by molar-refractivity contribution is -0.0684. The summed E-state index contributed by atoms with van der Waals surface area (Å²) in [6, 6.07) is 0. The monoisotopic (exact) mass is 274 g/mol. The van der Waals surface area contributed by atoms with Crippen molar-refractivity contribution in [2.24, 2.45) is 28.9 Å². The van der Waals surface area contributed by atoms with Gasteiger partial charge in [-0.25, -0.2) is 4.98 Å². The van der Waals surface area contributed by atoms with E-state index in [-0.39, 0.29) is 0 Å². The third-order valence-electron chi connectivity index (χ3n) is 6.26. The fraction of sp³-hybridized carbons (Fsp3) is 0.875. The molecule has 0 aliphatic heterocycles. The van der Waals surface area contributed by atoms with Crippen LogP contribution in [0.5, 0.6) is 0 Å². The van der Waals surface area contributed by atoms with Gasteiger partial charge in [-0.05, 0) is 61.7 Å². The first kappa shape index (κ1) is 12.8. The van der Waals surface area contributed by atoms with E-state index in [1.54, 1.807) is 0 Å². The van der Waals surface area contributed by atoms with Crippen LogP contribution in [-0.4, -0.2) is 21.7 Å². The van der Waals surface area contributed by atoms with Crippen molar-refractivity contribution in [1.82, 2.24) is 15.2 Å². The number of nitrogens with zero attached hydrogens (tertiary/aromatic N) is 2. The third kappa shape index (κ3) is 1.84. The van der Waals surface area contributed by atoms with Gasteiger partial charge in [-0.2, -0.15) is 5.10 Å². The molecule has 1 aromatic heterocycles. The zero-order valence-electron chi connectivity index (χ0n) is 12.4. The first-order valence-corrected chi connectivity index (χ1v) is 8.33. The fourth-order valence-corrected chi connectivity index (χ4v) is 5.86. The molecular weight excluding hydrogens is 248 g/mol. The molecule has 0 amide bonds. The lowest BCUT2D eigenvalue weighted by atomic mass is 9.46. The Bertz CT molecular complexity index is 457. The van der Waals surface area contributed by atoms with Crippen molar-refractivity contribution in [3.63, 3.8) is 0 Å². The zero-order valence-corrected chi connectivity index (χ0v) is 12.4. The van der Waals surface area contributed by atoms with Gasteiger partial charge in [0, 0.05) is 18.9 Å². The van der Waals surface area contributed by atoms with Gasteiger partial charge in [-0.3, -0.25) is 5.10 Å². The van der Waals surface area contributed by atoms with Crippen molar-refractivity contribution in [2.75, 3.05) is 6.54 Å². The van der Waals surface area contributed by atoms with E-state index in [9.17, 15) is 0 Å². The average Bonchev–Trinajstić information content (AvgIpc) is 2.86. The van der Waals surface area contributed by atoms with E-state index in [1.807, 2.05) is 0 Å². The Hall–Kier alpha value is -0.900. The second-order valence-electron chi connectivity index (χ2n) is 7.56. The highest BCUT2D eigenvalue weighted by molar-refractivity contribution is 5.13. The van der Waals surface area contributed by atoms with E-state index in [1.165, 1.54) is 38.5 Å². The van der Waals surface area contributed by atoms with Gasteiger partial charge in [-0.15, -0.1) is 0 Å². The first-order valence-electron chi connectivity index (χ1n) is 8.33. The third-order valence-corrected chi connectivity index (χ3v) is 6.26. The standard InChI is InChI=1S/C16H26N4/c1-2-14-18-15(20-19-14)13(9-17)16-6-10-3-11(7-16)5-12(4-10)8-16/h10-13H,2-9,17H2,1H3,(H,18,19,20). The number of hydrogen-bond acceptors (Lipinski definition) is 3. The first-order chi connectivity index (χ1) is 9.72. The maximum atomic E-state index is 6.18. The molecular formula is C16H26N4. The van der Waals surface area contributed by atoms with E-state index in [0.29, 0.717) is 17.9 Å². The second kappa shape index (κ2) is 4.55. The highest BCUT2D eigenvalue weighted by Crippen LogP contribution is 2.64. The molecule has 1 atom stereocenters. The Morgan fingerprint density at radius 3 is 2.25 bits per heavy atom. The van der Waals surface area contributed by atoms with Gasteiger partial charge in [0.25, 0.3) is 0 Å². The van der Waals surface area contributed by atoms with Crippen LogP contribution in [-0.2, 0) is 6.42 Å². The van der Waals surface area contributed by atoms with E-state index >= 15 is 0 Å². The molecule has 1 heterocycles. The van der Waals surface area contributed by atoms with Crippen LogP contribution in [0, 0.1) is 23.2 Å². The minimum Gasteiger partial charge on any atom is -0.330 e. The van der Waals surface area contributed by atoms with Gasteiger partial charge in [-0.1, -0.05) is 6.92 Å². The van der Waals surface area contributed by atoms with Crippen LogP contribution >= 0.6 is 0 Å². The lowest BCUT2D eigenvalue weighted by Gasteiger charge is -2.59. The Balaban J connectivity index is 1.66. The number of aromatic amines is 1. The molecule has 0 aromatic carbocycles. The van der Waals surface area contributed by atoms with E-state index in [4.69, 9.17) is 10.7 Å². The molecule has 4 nitrogen and oxygen atoms in total. The highest BCUT2D eigenvalue weighted by Gasteiger charge is 2.54. The van der Waals surface area contributed by atoms with Crippen LogP contribution in [0.1, 0.15) is 63.0 Å². The number of nitrogens with two attached hydrogens (primary N) is 1. The van der Waals surface area contributed by atoms with E-state index in [0.717, 1.165) is 35.8 Å². The van der Waals surface area contributed by atoms with Gasteiger partial charge in [0.15, 0.2) is 5.82 Å². The predicted molar refractivity (Wildman–Crippen MR) is 78.2 cm³/mol. The van der Waals surface area contributed by atoms with Gasteiger partial charge < -0.3 is 5.73 Å². The normalized spacial score (nSPS) is 40.2. The lowest BCUT2D eigenvalue weighted by Crippen LogP contribution is -2.50. The molecule has 0 radical (unpaired) electrons. The van der Waals surface area contributed by atoms with Crippen LogP contribution < -0.4 is 5.73 Å². The van der Waals surface area contributed by atoms with Crippen LogP contribution in [0.4, 0.5) is 0 Å². The number of H-pyrrole nitrogens is 1. The number of aryl methyl sites for hydroxylation is 1. The Kier molecular flexibility index (Phi) is 2.92. The highest BCUT2D eigenvalue weighted by atomic mass is 15.2. The number of nitrogens with one attached hydrogen (secondary N) is 1. The van der Waals surface area contributed by atoms with E-state index < -0.39 is 0 Å². The van der Waals surface area contributed by atoms with Gasteiger partial charge >= 0.3 is 0 Å². The molecule has 4 aliphatic carbocycles. The Morgan fingerprint density at radius 1 is 1.20 bits per heavy atom. The number of rotatable bonds is 4. The van der Waals surface area contributed by atoms with Crippen molar-refractivity contribution < 1.29 is 0 Å². The molecule has 4 saturated carbocycles. The Labute approximate surface area is 120 Å². The van der Waals surface area contributed by atoms with Crippen LogP contribution in [0.2, 0.25) is 0 Å². The zero-order chi connectivity index (χ0) is 13.7. The van der Waals surface area contributed by atoms with Crippen molar-refractivity contribution in [2.45, 2.75) is 57.8 Å². The molecule has 4 bridgehead atoms. The summed E-state index contributed by atoms with van der Waals surface area (Å²) < 4.78 is 0. The van der Waals surface area contributed by atoms with Gasteiger partial charge in [0.1, 0.15) is 5.82 Å². The molecule has 0 saturated heterocycles. The summed E-state index contributed by atoms with van der Waals surface area (Å²) in [6.07, 6.45) is 9.47. The molecule has 4 heteroatoms. The molecule has 1 aromatic rings. The summed E-state index contributed by atoms with van der Waals surface area (Å²) in [5.74, 6) is 5.24. The summed E-state index contributed by atoms with van der Waals surface area (Å²) in [5, 5.41) is 7.58. The second-order valence-corrected chi connectivity index (χ2v) is 7.56. The van der Waals surface area contributed by atoms with Crippen molar-refractivity contribution >= 4 is 0 Å². The predicted octanol–water partition coefficient (Wildman–Crippen LogP) is 2.63. The van der Waals surface area contributed by atoms with Crippen molar-refractivity contribution in [3.05, 3.63) is 11.6 Å². The SMILES string of the molecule is CCc1nc(C(CN)C23CC4CC(CC(C4)C2)C3)n[nH]1. The quantitative estimate of drug-likeness (QED) is 0.887. The summed E-state index contributed by atoms with van der Waals surface area (Å²) in [4.78, 5) is 4.71. The Morgan fingerprint density at radius 2 is 1.80 bits per heavy atom. The van der Waals surface area contributed by atoms with Crippen LogP contribution in [0.15, 0.2) is 0 Å². The molecule has 5 rings (SSSR count). The molecule has 0 spiro atoms. The minimum atomic E-state index is 0.368. The molecule has 4 aliphatic rings. The summed E-state index contributed by atoms with van der Waals surface area (Å²) in [6.45, 7) is 2.82. The van der Waals surface area contributed by atoms with Gasteiger partial charge in [0.05, 0.1) is 0 Å². The molecule has 3 N–H and O–H groups in total. The number of aromatic nitrogens is 3. The van der Waals surface area contributed by atoms with Gasteiger partial charge in [0.2, 0.25) is 0 Å². The summed E-state index contributed by atoms with van der Waals surface area (Å²) in [5.41, 5.74) is 6.60. The number of hydrogen-bond donors (Lipinski definition) is 2. The fourth-order valence-electron chi connectivity index (χ4n) is 5.86. The minimum absolute atomic E-state index is 0.368. The van der Waals surface area contributed by atoms with Crippen molar-refractivity contribution in [1.29, 1.82) is 0 Å². The molecule has 110 valence electrons. The molecule has 1 unspecified atom stereocenters. The largest absolute Gasteiger partial charge is 0.330 e.